The summed E-state index contributed by atoms with van der Waals surface area (Å²) >= 11 is 0. The Morgan fingerprint density at radius 1 is 1.45 bits per heavy atom. The van der Waals surface area contributed by atoms with E-state index in [0.717, 1.165) is 12.8 Å². The summed E-state index contributed by atoms with van der Waals surface area (Å²) in [6.07, 6.45) is 1.99. The third-order valence-corrected chi connectivity index (χ3v) is 4.15. The summed E-state index contributed by atoms with van der Waals surface area (Å²) < 4.78 is 23.2. The molecule has 1 aromatic heterocycles. The number of nitrogens with zero attached hydrogens (tertiary/aromatic N) is 1. The number of amides is 1. The molecule has 0 atom stereocenters. The number of hydrogen-bond donors (Lipinski definition) is 2. The average Bonchev–Trinajstić information content (AvgIpc) is 2.72. The Morgan fingerprint density at radius 2 is 2.10 bits per heavy atom. The highest BCUT2D eigenvalue weighted by Gasteiger charge is 2.27. The highest BCUT2D eigenvalue weighted by molar-refractivity contribution is 8.13. The van der Waals surface area contributed by atoms with Crippen LogP contribution in [0.2, 0.25) is 0 Å². The van der Waals surface area contributed by atoms with E-state index in [1.807, 2.05) is 20.8 Å². The van der Waals surface area contributed by atoms with Crippen LogP contribution in [0.15, 0.2) is 4.90 Å². The summed E-state index contributed by atoms with van der Waals surface area (Å²) in [5.41, 5.74) is 0.212. The quantitative estimate of drug-likeness (QED) is 0.752. The van der Waals surface area contributed by atoms with Gasteiger partial charge in [0, 0.05) is 17.2 Å². The van der Waals surface area contributed by atoms with Crippen LogP contribution in [-0.2, 0) is 15.5 Å². The van der Waals surface area contributed by atoms with E-state index in [-0.39, 0.29) is 10.6 Å². The van der Waals surface area contributed by atoms with E-state index >= 15 is 0 Å². The zero-order valence-electron chi connectivity index (χ0n) is 11.9. The molecule has 0 bridgehead atoms. The molecule has 0 unspecified atom stereocenters. The Hall–Kier alpha value is -1.08. The van der Waals surface area contributed by atoms with Crippen LogP contribution < -0.4 is 5.32 Å². The standard InChI is InChI=1S/C12H20ClN3O3S/c1-4-5-9-11(20(13,18)19)10(16-15-9)12(17)14-7-6-8(2)3/h8H,4-7H2,1-3H3,(H,14,17)(H,15,16). The van der Waals surface area contributed by atoms with Crippen molar-refractivity contribution in [3.8, 4) is 0 Å². The molecular formula is C12H20ClN3O3S. The number of rotatable bonds is 7. The zero-order chi connectivity index (χ0) is 15.3. The van der Waals surface area contributed by atoms with Gasteiger partial charge in [-0.2, -0.15) is 5.10 Å². The van der Waals surface area contributed by atoms with Crippen molar-refractivity contribution in [3.05, 3.63) is 11.4 Å². The molecule has 1 rings (SSSR count). The SMILES string of the molecule is CCCc1[nH]nc(C(=O)NCCC(C)C)c1S(=O)(=O)Cl. The zero-order valence-corrected chi connectivity index (χ0v) is 13.4. The van der Waals surface area contributed by atoms with Gasteiger partial charge < -0.3 is 5.32 Å². The molecule has 0 aliphatic heterocycles. The topological polar surface area (TPSA) is 91.9 Å². The lowest BCUT2D eigenvalue weighted by atomic mass is 10.1. The van der Waals surface area contributed by atoms with Crippen LogP contribution >= 0.6 is 10.7 Å². The maximum atomic E-state index is 12.0. The van der Waals surface area contributed by atoms with Crippen LogP contribution in [0.3, 0.4) is 0 Å². The van der Waals surface area contributed by atoms with Crippen molar-refractivity contribution < 1.29 is 13.2 Å². The highest BCUT2D eigenvalue weighted by Crippen LogP contribution is 2.23. The third kappa shape index (κ3) is 4.49. The Morgan fingerprint density at radius 3 is 2.60 bits per heavy atom. The number of carbonyl (C=O) groups is 1. The molecule has 6 nitrogen and oxygen atoms in total. The van der Waals surface area contributed by atoms with Gasteiger partial charge in [-0.25, -0.2) is 8.42 Å². The molecule has 8 heteroatoms. The molecule has 1 amide bonds. The summed E-state index contributed by atoms with van der Waals surface area (Å²) in [6.45, 7) is 6.44. The molecule has 1 aromatic rings. The van der Waals surface area contributed by atoms with Crippen LogP contribution in [0.25, 0.3) is 0 Å². The molecule has 0 aliphatic rings. The molecular weight excluding hydrogens is 302 g/mol. The van der Waals surface area contributed by atoms with Crippen molar-refractivity contribution in [3.63, 3.8) is 0 Å². The lowest BCUT2D eigenvalue weighted by Crippen LogP contribution is -2.26. The number of halogens is 1. The predicted octanol–water partition coefficient (Wildman–Crippen LogP) is 2.07. The Balaban J connectivity index is 2.97. The van der Waals surface area contributed by atoms with Gasteiger partial charge in [0.05, 0.1) is 5.69 Å². The van der Waals surface area contributed by atoms with E-state index in [4.69, 9.17) is 10.7 Å². The first-order chi connectivity index (χ1) is 9.27. The van der Waals surface area contributed by atoms with Gasteiger partial charge in [-0.3, -0.25) is 9.89 Å². The molecule has 0 spiro atoms. The summed E-state index contributed by atoms with van der Waals surface area (Å²) in [4.78, 5) is 11.8. The summed E-state index contributed by atoms with van der Waals surface area (Å²) in [7, 11) is 1.40. The minimum absolute atomic E-state index is 0.160. The van der Waals surface area contributed by atoms with Gasteiger partial charge in [0.1, 0.15) is 4.90 Å². The molecule has 0 aromatic carbocycles. The molecule has 114 valence electrons. The van der Waals surface area contributed by atoms with Crippen LogP contribution in [-0.4, -0.2) is 31.1 Å². The van der Waals surface area contributed by atoms with Crippen LogP contribution in [0.5, 0.6) is 0 Å². The minimum Gasteiger partial charge on any atom is -0.351 e. The monoisotopic (exact) mass is 321 g/mol. The van der Waals surface area contributed by atoms with E-state index in [9.17, 15) is 13.2 Å². The predicted molar refractivity (Wildman–Crippen MR) is 77.4 cm³/mol. The van der Waals surface area contributed by atoms with Crippen LogP contribution in [0.1, 0.15) is 49.8 Å². The molecule has 2 N–H and O–H groups in total. The average molecular weight is 322 g/mol. The fourth-order valence-electron chi connectivity index (χ4n) is 1.76. The lowest BCUT2D eigenvalue weighted by Gasteiger charge is -2.06. The van der Waals surface area contributed by atoms with E-state index in [1.54, 1.807) is 0 Å². The molecule has 20 heavy (non-hydrogen) atoms. The first-order valence-corrected chi connectivity index (χ1v) is 8.88. The smallest absolute Gasteiger partial charge is 0.273 e. The highest BCUT2D eigenvalue weighted by atomic mass is 35.7. The first-order valence-electron chi connectivity index (χ1n) is 6.57. The van der Waals surface area contributed by atoms with Gasteiger partial charge in [0.15, 0.2) is 5.69 Å². The number of nitrogens with one attached hydrogen (secondary N) is 2. The van der Waals surface area contributed by atoms with Gasteiger partial charge in [0.25, 0.3) is 15.0 Å². The van der Waals surface area contributed by atoms with Crippen molar-refractivity contribution in [1.29, 1.82) is 0 Å². The normalized spacial score (nSPS) is 11.8. The molecule has 0 aliphatic carbocycles. The van der Waals surface area contributed by atoms with Gasteiger partial charge >= 0.3 is 0 Å². The van der Waals surface area contributed by atoms with Gasteiger partial charge in [-0.05, 0) is 18.8 Å². The second kappa shape index (κ2) is 7.08. The number of aromatic nitrogens is 2. The molecule has 0 saturated carbocycles. The van der Waals surface area contributed by atoms with Gasteiger partial charge in [-0.15, -0.1) is 0 Å². The van der Waals surface area contributed by atoms with Crippen molar-refractivity contribution in [2.24, 2.45) is 5.92 Å². The summed E-state index contributed by atoms with van der Waals surface area (Å²) in [5.74, 6) is -0.0788. The molecule has 0 radical (unpaired) electrons. The van der Waals surface area contributed by atoms with E-state index in [0.29, 0.717) is 24.6 Å². The largest absolute Gasteiger partial charge is 0.351 e. The summed E-state index contributed by atoms with van der Waals surface area (Å²) in [5, 5.41) is 9.04. The van der Waals surface area contributed by atoms with Gasteiger partial charge in [0.2, 0.25) is 0 Å². The maximum absolute atomic E-state index is 12.0. The molecule has 1 heterocycles. The van der Waals surface area contributed by atoms with E-state index in [1.165, 1.54) is 0 Å². The van der Waals surface area contributed by atoms with Crippen molar-refractivity contribution in [2.75, 3.05) is 6.54 Å². The van der Waals surface area contributed by atoms with E-state index < -0.39 is 15.0 Å². The third-order valence-electron chi connectivity index (χ3n) is 2.76. The Bertz CT molecular complexity index is 567. The van der Waals surface area contributed by atoms with Crippen LogP contribution in [0.4, 0.5) is 0 Å². The van der Waals surface area contributed by atoms with Crippen LogP contribution in [0, 0.1) is 5.92 Å². The van der Waals surface area contributed by atoms with E-state index in [2.05, 4.69) is 15.5 Å². The lowest BCUT2D eigenvalue weighted by molar-refractivity contribution is 0.0943. The number of aromatic amines is 1. The first kappa shape index (κ1) is 17.0. The number of carbonyl (C=O) groups excluding carboxylic acids is 1. The second-order valence-corrected chi connectivity index (χ2v) is 7.51. The second-order valence-electron chi connectivity index (χ2n) is 5.01. The minimum atomic E-state index is -4.01. The maximum Gasteiger partial charge on any atom is 0.273 e. The van der Waals surface area contributed by atoms with Gasteiger partial charge in [-0.1, -0.05) is 27.2 Å². The fraction of sp³-hybridized carbons (Fsp3) is 0.667. The number of aryl methyl sites for hydroxylation is 1. The van der Waals surface area contributed by atoms with Crippen molar-refractivity contribution in [1.82, 2.24) is 15.5 Å². The van der Waals surface area contributed by atoms with Crippen molar-refractivity contribution >= 4 is 25.6 Å². The molecule has 0 fully saturated rings. The fourth-order valence-corrected chi connectivity index (χ4v) is 3.07. The summed E-state index contributed by atoms with van der Waals surface area (Å²) in [6, 6.07) is 0. The number of H-pyrrole nitrogens is 1. The molecule has 0 saturated heterocycles. The Labute approximate surface area is 123 Å². The Kier molecular flexibility index (Phi) is 6.01. The van der Waals surface area contributed by atoms with Crippen molar-refractivity contribution in [2.45, 2.75) is 44.9 Å². The number of hydrogen-bond acceptors (Lipinski definition) is 4.